The Balaban J connectivity index is 1.44. The number of amides is 1. The predicted octanol–water partition coefficient (Wildman–Crippen LogP) is 10.7. The molecule has 66 heavy (non-hydrogen) atoms. The van der Waals surface area contributed by atoms with E-state index in [0.717, 1.165) is 24.6 Å². The highest BCUT2D eigenvalue weighted by Gasteiger charge is 2.27. The van der Waals surface area contributed by atoms with Crippen LogP contribution in [0.2, 0.25) is 5.02 Å². The molecule has 0 aliphatic rings. The molecule has 2 atom stereocenters. The zero-order valence-corrected chi connectivity index (χ0v) is 42.2. The molecule has 1 heterocycles. The molecule has 14 nitrogen and oxygen atoms in total. The maximum Gasteiger partial charge on any atom is 0.472 e. The van der Waals surface area contributed by atoms with Crippen molar-refractivity contribution >= 4 is 54.1 Å². The number of carbonyl (C=O) groups is 4. The summed E-state index contributed by atoms with van der Waals surface area (Å²) >= 11 is 6.06. The first kappa shape index (κ1) is 56.5. The minimum Gasteiger partial charge on any atom is -0.497 e. The second kappa shape index (κ2) is 30.6. The summed E-state index contributed by atoms with van der Waals surface area (Å²) in [7, 11) is 2.81. The van der Waals surface area contributed by atoms with E-state index in [0.29, 0.717) is 63.4 Å². The molecular weight excluding hydrogens is 885 g/mol. The Morgan fingerprint density at radius 1 is 0.773 bits per heavy atom. The zero-order chi connectivity index (χ0) is 48.4. The van der Waals surface area contributed by atoms with Crippen LogP contribution in [0.1, 0.15) is 151 Å². The number of aromatic nitrogens is 1. The van der Waals surface area contributed by atoms with Crippen molar-refractivity contribution in [3.8, 4) is 5.75 Å². The Labute approximate surface area is 398 Å². The number of methoxy groups -OCH3 is 1. The standard InChI is InChI=1S/C50H77ClN3O11P/c1-7-8-9-10-11-12-13-14-15-16-17-18-19-20-21-24-48(56)62-37-43(38-64-66(59,60)63-34-33-54(3,4)5)65-49(57)25-22-23-32-52-47(55)36-44-39(2)53(46-31-30-42(61-6)35-45(44)46)50(58)40-26-28-41(51)29-27-40/h26-31,35,43H,7-25,32-34,36-38H2,1-6H3,(H-,52,55,59,60)/p+1. The van der Waals surface area contributed by atoms with Gasteiger partial charge in [0.15, 0.2) is 6.10 Å². The number of hydrogen-bond donors (Lipinski definition) is 2. The van der Waals surface area contributed by atoms with Crippen LogP contribution < -0.4 is 10.1 Å². The SMILES string of the molecule is CCCCCCCCCCCCCCCCCC(=O)OCC(COP(=O)(O)OCC[N+](C)(C)C)OC(=O)CCCCNC(=O)Cc1c(C)n(C(=O)c2ccc(Cl)cc2)c2ccc(OC)cc12. The highest BCUT2D eigenvalue weighted by molar-refractivity contribution is 7.47. The fourth-order valence-corrected chi connectivity index (χ4v) is 8.41. The topological polar surface area (TPSA) is 169 Å². The van der Waals surface area contributed by atoms with Crippen molar-refractivity contribution in [2.75, 3.05) is 61.2 Å². The molecule has 3 aromatic rings. The quantitative estimate of drug-likeness (QED) is 0.0249. The minimum absolute atomic E-state index is 0.00599. The predicted molar refractivity (Wildman–Crippen MR) is 260 cm³/mol. The Kier molecular flexibility index (Phi) is 26.2. The van der Waals surface area contributed by atoms with Gasteiger partial charge in [0.2, 0.25) is 5.91 Å². The first-order chi connectivity index (χ1) is 31.5. The summed E-state index contributed by atoms with van der Waals surface area (Å²) in [6, 6.07) is 12.0. The molecule has 370 valence electrons. The molecule has 0 fully saturated rings. The fraction of sp³-hybridized carbons (Fsp3) is 0.640. The molecule has 1 aromatic heterocycles. The molecule has 0 saturated carbocycles. The summed E-state index contributed by atoms with van der Waals surface area (Å²) in [6.07, 6.45) is 18.1. The number of ether oxygens (including phenoxy) is 3. The van der Waals surface area contributed by atoms with Gasteiger partial charge in [-0.05, 0) is 74.2 Å². The number of likely N-dealkylation sites (N-methyl/N-ethyl adjacent to an activating group) is 1. The number of fused-ring (bicyclic) bond motifs is 1. The van der Waals surface area contributed by atoms with E-state index in [-0.39, 0.29) is 50.8 Å². The molecule has 2 N–H and O–H groups in total. The number of nitrogens with one attached hydrogen (secondary N) is 1. The number of unbranched alkanes of at least 4 members (excludes halogenated alkanes) is 15. The lowest BCUT2D eigenvalue weighted by Gasteiger charge is -2.24. The average Bonchev–Trinajstić information content (AvgIpc) is 3.54. The van der Waals surface area contributed by atoms with Crippen LogP contribution in [0.15, 0.2) is 42.5 Å². The third kappa shape index (κ3) is 22.3. The first-order valence-electron chi connectivity index (χ1n) is 24.1. The number of nitrogens with zero attached hydrogens (tertiary/aromatic N) is 2. The summed E-state index contributed by atoms with van der Waals surface area (Å²) in [5.41, 5.74) is 2.40. The van der Waals surface area contributed by atoms with Gasteiger partial charge in [-0.3, -0.25) is 32.8 Å². The van der Waals surface area contributed by atoms with Crippen molar-refractivity contribution in [3.05, 3.63) is 64.3 Å². The van der Waals surface area contributed by atoms with Crippen LogP contribution in [0.25, 0.3) is 10.9 Å². The molecule has 1 amide bonds. The maximum atomic E-state index is 13.6. The first-order valence-corrected chi connectivity index (χ1v) is 25.9. The molecule has 0 spiro atoms. The third-order valence-corrected chi connectivity index (χ3v) is 12.7. The van der Waals surface area contributed by atoms with Crippen LogP contribution in [0.5, 0.6) is 5.75 Å². The molecule has 0 saturated heterocycles. The number of carbonyl (C=O) groups excluding carboxylic acids is 4. The van der Waals surface area contributed by atoms with E-state index in [1.165, 1.54) is 70.6 Å². The Bertz CT molecular complexity index is 1980. The number of phosphoric ester groups is 1. The normalized spacial score (nSPS) is 13.0. The smallest absolute Gasteiger partial charge is 0.472 e. The lowest BCUT2D eigenvalue weighted by atomic mass is 10.0. The average molecular weight is 964 g/mol. The van der Waals surface area contributed by atoms with E-state index < -0.39 is 32.5 Å². The highest BCUT2D eigenvalue weighted by atomic mass is 35.5. The van der Waals surface area contributed by atoms with Crippen molar-refractivity contribution in [1.82, 2.24) is 9.88 Å². The second-order valence-corrected chi connectivity index (χ2v) is 20.1. The zero-order valence-electron chi connectivity index (χ0n) is 40.5. The summed E-state index contributed by atoms with van der Waals surface area (Å²) in [4.78, 5) is 62.7. The van der Waals surface area contributed by atoms with Gasteiger partial charge in [-0.2, -0.15) is 0 Å². The number of quaternary nitrogens is 1. The van der Waals surface area contributed by atoms with Crippen molar-refractivity contribution < 1.29 is 56.4 Å². The molecule has 2 aromatic carbocycles. The van der Waals surface area contributed by atoms with E-state index >= 15 is 0 Å². The number of hydrogen-bond acceptors (Lipinski definition) is 10. The number of phosphoric acid groups is 1. The molecule has 0 bridgehead atoms. The van der Waals surface area contributed by atoms with Crippen LogP contribution in [0, 0.1) is 6.92 Å². The van der Waals surface area contributed by atoms with Gasteiger partial charge in [-0.1, -0.05) is 108 Å². The third-order valence-electron chi connectivity index (χ3n) is 11.5. The Morgan fingerprint density at radius 3 is 1.94 bits per heavy atom. The van der Waals surface area contributed by atoms with Gasteiger partial charge >= 0.3 is 19.8 Å². The van der Waals surface area contributed by atoms with E-state index in [2.05, 4.69) is 12.2 Å². The molecule has 3 rings (SSSR count). The van der Waals surface area contributed by atoms with Crippen molar-refractivity contribution in [2.24, 2.45) is 0 Å². The molecule has 0 aliphatic carbocycles. The van der Waals surface area contributed by atoms with Crippen LogP contribution in [-0.2, 0) is 43.9 Å². The van der Waals surface area contributed by atoms with Gasteiger partial charge in [0, 0.05) is 41.1 Å². The molecule has 16 heteroatoms. The Morgan fingerprint density at radius 2 is 1.35 bits per heavy atom. The van der Waals surface area contributed by atoms with E-state index in [1.807, 2.05) is 27.2 Å². The summed E-state index contributed by atoms with van der Waals surface area (Å²) < 4.78 is 41.4. The number of benzene rings is 2. The lowest BCUT2D eigenvalue weighted by molar-refractivity contribution is -0.870. The van der Waals surface area contributed by atoms with Gasteiger partial charge in [-0.25, -0.2) is 4.57 Å². The lowest BCUT2D eigenvalue weighted by Crippen LogP contribution is -2.37. The van der Waals surface area contributed by atoms with Crippen LogP contribution in [0.3, 0.4) is 0 Å². The summed E-state index contributed by atoms with van der Waals surface area (Å²) in [5, 5.41) is 4.13. The van der Waals surface area contributed by atoms with Crippen LogP contribution in [0.4, 0.5) is 0 Å². The highest BCUT2D eigenvalue weighted by Crippen LogP contribution is 2.43. The molecule has 0 radical (unpaired) electrons. The Hall–Kier alpha value is -3.78. The van der Waals surface area contributed by atoms with Crippen LogP contribution >= 0.6 is 19.4 Å². The molecular formula is C50H78ClN3O11P+. The van der Waals surface area contributed by atoms with Gasteiger partial charge in [-0.15, -0.1) is 0 Å². The van der Waals surface area contributed by atoms with Crippen LogP contribution in [-0.4, -0.2) is 105 Å². The number of rotatable bonds is 35. The van der Waals surface area contributed by atoms with Gasteiger partial charge in [0.1, 0.15) is 25.5 Å². The second-order valence-electron chi connectivity index (χ2n) is 18.2. The van der Waals surface area contributed by atoms with E-state index in [9.17, 15) is 28.6 Å². The molecule has 2 unspecified atom stereocenters. The van der Waals surface area contributed by atoms with Gasteiger partial charge in [0.05, 0.1) is 46.8 Å². The van der Waals surface area contributed by atoms with Gasteiger partial charge < -0.3 is 28.9 Å². The largest absolute Gasteiger partial charge is 0.497 e. The van der Waals surface area contributed by atoms with Crippen molar-refractivity contribution in [3.63, 3.8) is 0 Å². The van der Waals surface area contributed by atoms with E-state index in [4.69, 9.17) is 34.9 Å². The van der Waals surface area contributed by atoms with Crippen molar-refractivity contribution in [2.45, 2.75) is 148 Å². The number of halogens is 1. The van der Waals surface area contributed by atoms with Gasteiger partial charge in [0.25, 0.3) is 5.91 Å². The maximum absolute atomic E-state index is 13.6. The summed E-state index contributed by atoms with van der Waals surface area (Å²) in [6.45, 7) is 3.89. The van der Waals surface area contributed by atoms with Crippen molar-refractivity contribution in [1.29, 1.82) is 0 Å². The van der Waals surface area contributed by atoms with E-state index in [1.54, 1.807) is 55.0 Å². The summed E-state index contributed by atoms with van der Waals surface area (Å²) in [5.74, 6) is -0.991. The monoisotopic (exact) mass is 963 g/mol. The molecule has 0 aliphatic heterocycles. The minimum atomic E-state index is -4.49. The fourth-order valence-electron chi connectivity index (χ4n) is 7.55. The number of esters is 2.